The summed E-state index contributed by atoms with van der Waals surface area (Å²) >= 11 is 0. The third-order valence-electron chi connectivity index (χ3n) is 5.92. The summed E-state index contributed by atoms with van der Waals surface area (Å²) in [6.07, 6.45) is -1.79. The molecule has 0 amide bonds. The van der Waals surface area contributed by atoms with Crippen molar-refractivity contribution in [1.29, 1.82) is 0 Å². The molecule has 2 saturated heterocycles. The summed E-state index contributed by atoms with van der Waals surface area (Å²) in [5.41, 5.74) is 0.324. The lowest BCUT2D eigenvalue weighted by Crippen LogP contribution is -2.52. The molecule has 8 heteroatoms. The average molecular weight is 426 g/mol. The quantitative estimate of drug-likeness (QED) is 0.581. The van der Waals surface area contributed by atoms with Gasteiger partial charge in [0.15, 0.2) is 5.96 Å². The number of benzene rings is 1. The Bertz CT molecular complexity index is 681. The summed E-state index contributed by atoms with van der Waals surface area (Å²) in [4.78, 5) is 11.9. The maximum absolute atomic E-state index is 12.7. The van der Waals surface area contributed by atoms with Crippen LogP contribution in [-0.2, 0) is 12.7 Å². The third kappa shape index (κ3) is 6.60. The minimum Gasteiger partial charge on any atom is -0.357 e. The smallest absolute Gasteiger partial charge is 0.357 e. The van der Waals surface area contributed by atoms with E-state index in [-0.39, 0.29) is 0 Å². The Morgan fingerprint density at radius 1 is 1.10 bits per heavy atom. The molecule has 0 radical (unpaired) electrons. The molecule has 1 unspecified atom stereocenters. The van der Waals surface area contributed by atoms with E-state index in [1.165, 1.54) is 31.5 Å². The van der Waals surface area contributed by atoms with Crippen molar-refractivity contribution in [2.75, 3.05) is 59.4 Å². The molecular weight excluding hydrogens is 391 g/mol. The second-order valence-electron chi connectivity index (χ2n) is 8.42. The van der Waals surface area contributed by atoms with Crippen LogP contribution in [0.1, 0.15) is 30.9 Å². The lowest BCUT2D eigenvalue weighted by molar-refractivity contribution is -0.137. The summed E-state index contributed by atoms with van der Waals surface area (Å²) in [7, 11) is 2.18. The van der Waals surface area contributed by atoms with Crippen LogP contribution in [0.25, 0.3) is 0 Å². The van der Waals surface area contributed by atoms with E-state index in [1.54, 1.807) is 12.1 Å². The van der Waals surface area contributed by atoms with E-state index in [2.05, 4.69) is 34.0 Å². The average Bonchev–Trinajstić information content (AvgIpc) is 2.72. The molecule has 2 heterocycles. The van der Waals surface area contributed by atoms with Gasteiger partial charge in [0.2, 0.25) is 0 Å². The zero-order chi connectivity index (χ0) is 21.6. The molecule has 2 fully saturated rings. The Labute approximate surface area is 177 Å². The van der Waals surface area contributed by atoms with Gasteiger partial charge in [-0.3, -0.25) is 9.89 Å². The van der Waals surface area contributed by atoms with Crippen LogP contribution >= 0.6 is 0 Å². The fraction of sp³-hybridized carbons (Fsp3) is 0.682. The normalized spacial score (nSPS) is 22.4. The minimum absolute atomic E-state index is 0.591. The molecule has 1 atom stereocenters. The van der Waals surface area contributed by atoms with Gasteiger partial charge in [-0.2, -0.15) is 13.2 Å². The number of alkyl halides is 3. The standard InChI is InChI=1S/C22H34F3N5/c1-3-26-21(27-15-19-5-4-10-28(2)16-19)30-13-11-29(12-14-30)17-18-6-8-20(9-7-18)22(23,24)25/h6-9,19H,3-5,10-17H2,1-2H3,(H,26,27). The van der Waals surface area contributed by atoms with E-state index >= 15 is 0 Å². The van der Waals surface area contributed by atoms with Crippen LogP contribution in [0.3, 0.4) is 0 Å². The Morgan fingerprint density at radius 2 is 1.80 bits per heavy atom. The number of piperazine rings is 1. The lowest BCUT2D eigenvalue weighted by Gasteiger charge is -2.37. The second-order valence-corrected chi connectivity index (χ2v) is 8.42. The van der Waals surface area contributed by atoms with Crippen molar-refractivity contribution in [2.24, 2.45) is 10.9 Å². The first-order valence-corrected chi connectivity index (χ1v) is 11.0. The van der Waals surface area contributed by atoms with Crippen molar-refractivity contribution < 1.29 is 13.2 Å². The molecule has 168 valence electrons. The SMILES string of the molecule is CCNC(=NCC1CCCN(C)C1)N1CCN(Cc2ccc(C(F)(F)F)cc2)CC1. The summed E-state index contributed by atoms with van der Waals surface area (Å²) in [6, 6.07) is 5.51. The van der Waals surface area contributed by atoms with Gasteiger partial charge in [0.1, 0.15) is 0 Å². The molecule has 0 aliphatic carbocycles. The highest BCUT2D eigenvalue weighted by molar-refractivity contribution is 5.80. The number of rotatable bonds is 5. The predicted octanol–water partition coefficient (Wildman–Crippen LogP) is 3.13. The van der Waals surface area contributed by atoms with Crippen LogP contribution in [-0.4, -0.2) is 80.1 Å². The number of nitrogens with zero attached hydrogens (tertiary/aromatic N) is 4. The molecule has 1 aromatic carbocycles. The highest BCUT2D eigenvalue weighted by Gasteiger charge is 2.30. The first-order chi connectivity index (χ1) is 14.3. The van der Waals surface area contributed by atoms with Crippen molar-refractivity contribution in [3.8, 4) is 0 Å². The van der Waals surface area contributed by atoms with E-state index in [1.807, 2.05) is 0 Å². The topological polar surface area (TPSA) is 34.1 Å². The zero-order valence-corrected chi connectivity index (χ0v) is 18.1. The number of guanidine groups is 1. The highest BCUT2D eigenvalue weighted by atomic mass is 19.4. The van der Waals surface area contributed by atoms with Crippen molar-refractivity contribution in [2.45, 2.75) is 32.5 Å². The molecule has 0 bridgehead atoms. The van der Waals surface area contributed by atoms with Crippen LogP contribution in [0.15, 0.2) is 29.3 Å². The Hall–Kier alpha value is -1.80. The van der Waals surface area contributed by atoms with E-state index in [0.29, 0.717) is 12.5 Å². The Balaban J connectivity index is 1.50. The molecule has 0 saturated carbocycles. The fourth-order valence-electron chi connectivity index (χ4n) is 4.24. The summed E-state index contributed by atoms with van der Waals surface area (Å²) in [5.74, 6) is 1.61. The molecule has 2 aliphatic rings. The number of halogens is 3. The molecule has 1 aromatic rings. The van der Waals surface area contributed by atoms with Crippen molar-refractivity contribution in [1.82, 2.24) is 20.0 Å². The Kier molecular flexibility index (Phi) is 7.99. The van der Waals surface area contributed by atoms with Crippen LogP contribution in [0.4, 0.5) is 13.2 Å². The molecule has 5 nitrogen and oxygen atoms in total. The van der Waals surface area contributed by atoms with Crippen molar-refractivity contribution >= 4 is 5.96 Å². The van der Waals surface area contributed by atoms with Crippen LogP contribution in [0.5, 0.6) is 0 Å². The number of nitrogens with one attached hydrogen (secondary N) is 1. The minimum atomic E-state index is -4.28. The van der Waals surface area contributed by atoms with Crippen LogP contribution < -0.4 is 5.32 Å². The first kappa shape index (κ1) is 22.9. The number of likely N-dealkylation sites (tertiary alicyclic amines) is 1. The van der Waals surface area contributed by atoms with E-state index in [0.717, 1.165) is 57.3 Å². The van der Waals surface area contributed by atoms with Crippen LogP contribution in [0.2, 0.25) is 0 Å². The maximum Gasteiger partial charge on any atom is 0.416 e. The molecule has 0 spiro atoms. The van der Waals surface area contributed by atoms with Gasteiger partial charge in [0.25, 0.3) is 0 Å². The highest BCUT2D eigenvalue weighted by Crippen LogP contribution is 2.29. The molecular formula is C22H34F3N5. The fourth-order valence-corrected chi connectivity index (χ4v) is 4.24. The summed E-state index contributed by atoms with van der Waals surface area (Å²) in [5, 5.41) is 3.43. The molecule has 2 aliphatic heterocycles. The van der Waals surface area contributed by atoms with Gasteiger partial charge in [-0.25, -0.2) is 0 Å². The monoisotopic (exact) mass is 425 g/mol. The van der Waals surface area contributed by atoms with Gasteiger partial charge in [-0.15, -0.1) is 0 Å². The van der Waals surface area contributed by atoms with Gasteiger partial charge in [-0.1, -0.05) is 12.1 Å². The van der Waals surface area contributed by atoms with Gasteiger partial charge < -0.3 is 15.1 Å². The largest absolute Gasteiger partial charge is 0.416 e. The molecule has 1 N–H and O–H groups in total. The van der Waals surface area contributed by atoms with Crippen molar-refractivity contribution in [3.05, 3.63) is 35.4 Å². The third-order valence-corrected chi connectivity index (χ3v) is 5.92. The predicted molar refractivity (Wildman–Crippen MR) is 114 cm³/mol. The van der Waals surface area contributed by atoms with Gasteiger partial charge >= 0.3 is 6.18 Å². The number of hydrogen-bond acceptors (Lipinski definition) is 3. The summed E-state index contributed by atoms with van der Waals surface area (Å²) in [6.45, 7) is 10.3. The van der Waals surface area contributed by atoms with Gasteiger partial charge in [0, 0.05) is 52.4 Å². The van der Waals surface area contributed by atoms with E-state index in [4.69, 9.17) is 4.99 Å². The molecule has 3 rings (SSSR count). The number of hydrogen-bond donors (Lipinski definition) is 1. The Morgan fingerprint density at radius 3 is 2.40 bits per heavy atom. The molecule has 0 aromatic heterocycles. The van der Waals surface area contributed by atoms with Gasteiger partial charge in [0.05, 0.1) is 5.56 Å². The summed E-state index contributed by atoms with van der Waals surface area (Å²) < 4.78 is 38.2. The van der Waals surface area contributed by atoms with Gasteiger partial charge in [-0.05, 0) is 57.0 Å². The first-order valence-electron chi connectivity index (χ1n) is 11.0. The second kappa shape index (κ2) is 10.5. The number of aliphatic imine (C=N–C) groups is 1. The lowest BCUT2D eigenvalue weighted by atomic mass is 9.99. The van der Waals surface area contributed by atoms with E-state index in [9.17, 15) is 13.2 Å². The maximum atomic E-state index is 12.7. The van der Waals surface area contributed by atoms with Crippen molar-refractivity contribution in [3.63, 3.8) is 0 Å². The van der Waals surface area contributed by atoms with Crippen LogP contribution in [0, 0.1) is 5.92 Å². The number of piperidine rings is 1. The van der Waals surface area contributed by atoms with E-state index < -0.39 is 11.7 Å². The molecule has 30 heavy (non-hydrogen) atoms. The zero-order valence-electron chi connectivity index (χ0n) is 18.1.